The van der Waals surface area contributed by atoms with Gasteiger partial charge in [0.2, 0.25) is 0 Å². The molecule has 0 radical (unpaired) electrons. The van der Waals surface area contributed by atoms with Crippen molar-refractivity contribution in [1.29, 1.82) is 0 Å². The Kier molecular flexibility index (Phi) is 5.31. The maximum atomic E-state index is 4.18. The lowest BCUT2D eigenvalue weighted by Crippen LogP contribution is -2.28. The van der Waals surface area contributed by atoms with E-state index in [4.69, 9.17) is 0 Å². The van der Waals surface area contributed by atoms with Crippen LogP contribution in [-0.2, 0) is 12.8 Å². The molecule has 0 bridgehead atoms. The summed E-state index contributed by atoms with van der Waals surface area (Å²) in [6, 6.07) is 11.4. The first-order valence-electron chi connectivity index (χ1n) is 7.31. The third kappa shape index (κ3) is 4.17. The Morgan fingerprint density at radius 3 is 2.75 bits per heavy atom. The monoisotopic (exact) mass is 268 g/mol. The molecule has 1 aromatic carbocycles. The first-order valence-corrected chi connectivity index (χ1v) is 7.31. The van der Waals surface area contributed by atoms with E-state index < -0.39 is 0 Å². The molecule has 0 spiro atoms. The van der Waals surface area contributed by atoms with Gasteiger partial charge in [0, 0.05) is 18.4 Å². The van der Waals surface area contributed by atoms with Gasteiger partial charge in [0.15, 0.2) is 0 Å². The Labute approximate surface area is 122 Å². The lowest BCUT2D eigenvalue weighted by atomic mass is 9.96. The van der Waals surface area contributed by atoms with Gasteiger partial charge in [-0.15, -0.1) is 0 Å². The van der Waals surface area contributed by atoms with Crippen LogP contribution in [0.2, 0.25) is 0 Å². The van der Waals surface area contributed by atoms with Gasteiger partial charge in [-0.25, -0.2) is 0 Å². The van der Waals surface area contributed by atoms with Crippen molar-refractivity contribution in [3.63, 3.8) is 0 Å². The summed E-state index contributed by atoms with van der Waals surface area (Å²) >= 11 is 0. The van der Waals surface area contributed by atoms with E-state index in [9.17, 15) is 0 Å². The number of rotatable bonds is 6. The van der Waals surface area contributed by atoms with Gasteiger partial charge in [-0.2, -0.15) is 0 Å². The van der Waals surface area contributed by atoms with Crippen molar-refractivity contribution in [3.8, 4) is 0 Å². The zero-order chi connectivity index (χ0) is 14.4. The van der Waals surface area contributed by atoms with Crippen LogP contribution in [0.5, 0.6) is 0 Å². The molecule has 0 aliphatic heterocycles. The molecule has 2 heteroatoms. The summed E-state index contributed by atoms with van der Waals surface area (Å²) in [6.07, 6.45) is 7.09. The number of aromatic nitrogens is 1. The van der Waals surface area contributed by atoms with Gasteiger partial charge in [-0.1, -0.05) is 29.8 Å². The van der Waals surface area contributed by atoms with Crippen LogP contribution < -0.4 is 5.32 Å². The molecule has 1 unspecified atom stereocenters. The predicted octanol–water partition coefficient (Wildman–Crippen LogP) is 3.46. The normalized spacial score (nSPS) is 12.3. The third-order valence-electron chi connectivity index (χ3n) is 3.88. The van der Waals surface area contributed by atoms with E-state index in [1.165, 1.54) is 22.3 Å². The molecule has 1 aromatic heterocycles. The van der Waals surface area contributed by atoms with Gasteiger partial charge in [-0.05, 0) is 62.9 Å². The summed E-state index contributed by atoms with van der Waals surface area (Å²) in [6.45, 7) is 4.36. The highest BCUT2D eigenvalue weighted by Crippen LogP contribution is 2.15. The van der Waals surface area contributed by atoms with Crippen LogP contribution in [0, 0.1) is 13.8 Å². The minimum atomic E-state index is 0.510. The van der Waals surface area contributed by atoms with E-state index in [-0.39, 0.29) is 0 Å². The summed E-state index contributed by atoms with van der Waals surface area (Å²) < 4.78 is 0. The fourth-order valence-corrected chi connectivity index (χ4v) is 2.52. The van der Waals surface area contributed by atoms with E-state index in [0.29, 0.717) is 6.04 Å². The van der Waals surface area contributed by atoms with Crippen molar-refractivity contribution in [3.05, 3.63) is 65.0 Å². The van der Waals surface area contributed by atoms with E-state index in [2.05, 4.69) is 55.5 Å². The largest absolute Gasteiger partial charge is 0.317 e. The van der Waals surface area contributed by atoms with Crippen molar-refractivity contribution in [2.75, 3.05) is 7.05 Å². The molecule has 106 valence electrons. The zero-order valence-electron chi connectivity index (χ0n) is 12.7. The summed E-state index contributed by atoms with van der Waals surface area (Å²) in [4.78, 5) is 4.18. The van der Waals surface area contributed by atoms with Gasteiger partial charge in [-0.3, -0.25) is 4.98 Å². The quantitative estimate of drug-likeness (QED) is 0.868. The number of hydrogen-bond acceptors (Lipinski definition) is 2. The molecule has 1 atom stereocenters. The van der Waals surface area contributed by atoms with Crippen LogP contribution in [0.1, 0.15) is 28.7 Å². The van der Waals surface area contributed by atoms with Gasteiger partial charge in [0.1, 0.15) is 0 Å². The van der Waals surface area contributed by atoms with Crippen LogP contribution in [0.3, 0.4) is 0 Å². The average Bonchev–Trinajstić information content (AvgIpc) is 2.48. The summed E-state index contributed by atoms with van der Waals surface area (Å²) in [5.41, 5.74) is 5.49. The van der Waals surface area contributed by atoms with Gasteiger partial charge in [0.05, 0.1) is 0 Å². The van der Waals surface area contributed by atoms with Crippen LogP contribution in [0.25, 0.3) is 0 Å². The smallest absolute Gasteiger partial charge is 0.0299 e. The van der Waals surface area contributed by atoms with E-state index in [0.717, 1.165) is 19.3 Å². The lowest BCUT2D eigenvalue weighted by Gasteiger charge is -2.18. The number of nitrogens with zero attached hydrogens (tertiary/aromatic N) is 1. The summed E-state index contributed by atoms with van der Waals surface area (Å²) in [5.74, 6) is 0. The van der Waals surface area contributed by atoms with Crippen molar-refractivity contribution >= 4 is 0 Å². The number of benzene rings is 1. The molecule has 20 heavy (non-hydrogen) atoms. The maximum absolute atomic E-state index is 4.18. The minimum absolute atomic E-state index is 0.510. The topological polar surface area (TPSA) is 24.9 Å². The van der Waals surface area contributed by atoms with Crippen molar-refractivity contribution in [1.82, 2.24) is 10.3 Å². The van der Waals surface area contributed by atoms with Gasteiger partial charge < -0.3 is 5.32 Å². The fraction of sp³-hybridized carbons (Fsp3) is 0.389. The average molecular weight is 268 g/mol. The van der Waals surface area contributed by atoms with Gasteiger partial charge >= 0.3 is 0 Å². The standard InChI is InChI=1S/C18H24N2/c1-14-6-7-15(2)17(11-14)12-18(19-3)9-8-16-5-4-10-20-13-16/h4-7,10-11,13,18-19H,8-9,12H2,1-3H3. The minimum Gasteiger partial charge on any atom is -0.317 e. The highest BCUT2D eigenvalue weighted by molar-refractivity contribution is 5.31. The number of likely N-dealkylation sites (N-methyl/N-ethyl adjacent to an activating group) is 1. The Morgan fingerprint density at radius 2 is 2.05 bits per heavy atom. The van der Waals surface area contributed by atoms with E-state index in [1.54, 1.807) is 0 Å². The Bertz CT molecular complexity index is 534. The van der Waals surface area contributed by atoms with Crippen LogP contribution in [0.15, 0.2) is 42.7 Å². The molecule has 2 nitrogen and oxygen atoms in total. The van der Waals surface area contributed by atoms with Crippen LogP contribution in [-0.4, -0.2) is 18.1 Å². The Balaban J connectivity index is 1.97. The molecule has 0 fully saturated rings. The first kappa shape index (κ1) is 14.7. The second-order valence-electron chi connectivity index (χ2n) is 5.52. The molecule has 2 aromatic rings. The number of hydrogen-bond donors (Lipinski definition) is 1. The molecule has 0 saturated carbocycles. The molecule has 1 N–H and O–H groups in total. The molecule has 0 amide bonds. The molecule has 0 aliphatic rings. The molecular formula is C18H24N2. The lowest BCUT2D eigenvalue weighted by molar-refractivity contribution is 0.519. The highest BCUT2D eigenvalue weighted by atomic mass is 14.9. The van der Waals surface area contributed by atoms with Crippen molar-refractivity contribution in [2.45, 2.75) is 39.2 Å². The zero-order valence-corrected chi connectivity index (χ0v) is 12.7. The Morgan fingerprint density at radius 1 is 1.20 bits per heavy atom. The Hall–Kier alpha value is -1.67. The number of nitrogens with one attached hydrogen (secondary N) is 1. The van der Waals surface area contributed by atoms with Crippen molar-refractivity contribution < 1.29 is 0 Å². The molecule has 2 rings (SSSR count). The second kappa shape index (κ2) is 7.20. The van der Waals surface area contributed by atoms with Crippen molar-refractivity contribution in [2.24, 2.45) is 0 Å². The second-order valence-corrected chi connectivity index (χ2v) is 5.52. The summed E-state index contributed by atoms with van der Waals surface area (Å²) in [7, 11) is 2.05. The number of pyridine rings is 1. The van der Waals surface area contributed by atoms with Gasteiger partial charge in [0.25, 0.3) is 0 Å². The summed E-state index contributed by atoms with van der Waals surface area (Å²) in [5, 5.41) is 3.45. The van der Waals surface area contributed by atoms with Crippen LogP contribution in [0.4, 0.5) is 0 Å². The first-order chi connectivity index (χ1) is 9.69. The molecule has 1 heterocycles. The SMILES string of the molecule is CNC(CCc1cccnc1)Cc1cc(C)ccc1C. The molecule has 0 saturated heterocycles. The highest BCUT2D eigenvalue weighted by Gasteiger charge is 2.09. The predicted molar refractivity (Wildman–Crippen MR) is 85.0 cm³/mol. The van der Waals surface area contributed by atoms with E-state index in [1.807, 2.05) is 18.5 Å². The van der Waals surface area contributed by atoms with E-state index >= 15 is 0 Å². The fourth-order valence-electron chi connectivity index (χ4n) is 2.52. The third-order valence-corrected chi connectivity index (χ3v) is 3.88. The maximum Gasteiger partial charge on any atom is 0.0299 e. The molecule has 0 aliphatic carbocycles. The molecular weight excluding hydrogens is 244 g/mol. The number of aryl methyl sites for hydroxylation is 3. The van der Waals surface area contributed by atoms with Crippen LogP contribution >= 0.6 is 0 Å².